The molecule has 0 saturated carbocycles. The Bertz CT molecular complexity index is 540. The van der Waals surface area contributed by atoms with Crippen LogP contribution >= 0.6 is 47.8 Å². The zero-order valence-corrected chi connectivity index (χ0v) is 14.6. The summed E-state index contributed by atoms with van der Waals surface area (Å²) in [5, 5.41) is 13.0. The summed E-state index contributed by atoms with van der Waals surface area (Å²) in [6.07, 6.45) is -0.587. The van der Waals surface area contributed by atoms with E-state index >= 15 is 0 Å². The fourth-order valence-corrected chi connectivity index (χ4v) is 3.67. The molecule has 108 valence electrons. The number of amides is 3. The molecule has 0 bridgehead atoms. The minimum Gasteiger partial charge on any atom is -0.481 e. The van der Waals surface area contributed by atoms with Crippen LogP contribution in [0, 0.1) is 0 Å². The van der Waals surface area contributed by atoms with Gasteiger partial charge in [-0.2, -0.15) is 0 Å². The highest BCUT2D eigenvalue weighted by Crippen LogP contribution is 2.34. The summed E-state index contributed by atoms with van der Waals surface area (Å²) < 4.78 is 2.04. The third kappa shape index (κ3) is 5.59. The van der Waals surface area contributed by atoms with E-state index in [1.807, 2.05) is 5.32 Å². The van der Waals surface area contributed by atoms with E-state index in [1.54, 1.807) is 12.1 Å². The first kappa shape index (κ1) is 17.1. The van der Waals surface area contributed by atoms with Gasteiger partial charge in [0.2, 0.25) is 5.91 Å². The van der Waals surface area contributed by atoms with Gasteiger partial charge in [0.1, 0.15) is 0 Å². The average Bonchev–Trinajstić information content (AvgIpc) is 2.31. The molecule has 0 aliphatic rings. The summed E-state index contributed by atoms with van der Waals surface area (Å²) >= 11 is 9.84. The smallest absolute Gasteiger partial charge is 0.325 e. The number of carboxylic acid groups (broad SMARTS) is 1. The molecule has 0 aliphatic carbocycles. The van der Waals surface area contributed by atoms with Gasteiger partial charge < -0.3 is 10.4 Å². The molecule has 3 amide bonds. The minimum absolute atomic E-state index is 0.259. The van der Waals surface area contributed by atoms with E-state index in [2.05, 4.69) is 53.1 Å². The van der Waals surface area contributed by atoms with Crippen molar-refractivity contribution in [3.63, 3.8) is 0 Å². The number of hydrogen-bond acceptors (Lipinski definition) is 3. The van der Waals surface area contributed by atoms with Gasteiger partial charge in [0.15, 0.2) is 0 Å². The molecule has 20 heavy (non-hydrogen) atoms. The van der Waals surface area contributed by atoms with Gasteiger partial charge in [-0.15, -0.1) is 0 Å². The summed E-state index contributed by atoms with van der Waals surface area (Å²) in [4.78, 5) is 33.2. The quantitative estimate of drug-likeness (QED) is 0.625. The largest absolute Gasteiger partial charge is 0.481 e. The van der Waals surface area contributed by atoms with Crippen molar-refractivity contribution in [2.45, 2.75) is 12.8 Å². The molecule has 0 atom stereocenters. The van der Waals surface area contributed by atoms with E-state index in [1.165, 1.54) is 0 Å². The predicted octanol–water partition coefficient (Wildman–Crippen LogP) is 3.49. The molecule has 0 spiro atoms. The molecule has 0 unspecified atom stereocenters. The summed E-state index contributed by atoms with van der Waals surface area (Å²) in [6, 6.07) is 2.73. The molecule has 0 aromatic heterocycles. The molecule has 6 nitrogen and oxygen atoms in total. The Labute approximate surface area is 139 Å². The van der Waals surface area contributed by atoms with E-state index < -0.39 is 17.9 Å². The first-order chi connectivity index (χ1) is 9.29. The number of benzene rings is 1. The maximum Gasteiger partial charge on any atom is 0.325 e. The van der Waals surface area contributed by atoms with Gasteiger partial charge in [-0.25, -0.2) is 4.79 Å². The van der Waals surface area contributed by atoms with Crippen molar-refractivity contribution >= 4 is 71.4 Å². The normalized spacial score (nSPS) is 9.95. The lowest BCUT2D eigenvalue weighted by Crippen LogP contribution is -2.34. The molecule has 3 N–H and O–H groups in total. The molecule has 0 heterocycles. The van der Waals surface area contributed by atoms with Crippen LogP contribution in [0.3, 0.4) is 0 Å². The molecule has 0 aliphatic heterocycles. The topological polar surface area (TPSA) is 95.5 Å². The number of rotatable bonds is 4. The summed E-state index contributed by atoms with van der Waals surface area (Å²) in [5.74, 6) is -1.76. The summed E-state index contributed by atoms with van der Waals surface area (Å²) in [6.45, 7) is 0. The maximum atomic E-state index is 11.6. The van der Waals surface area contributed by atoms with Crippen molar-refractivity contribution in [2.75, 3.05) is 5.32 Å². The highest BCUT2D eigenvalue weighted by Gasteiger charge is 2.13. The Hall–Kier alpha value is -0.930. The Morgan fingerprint density at radius 2 is 1.60 bits per heavy atom. The Balaban J connectivity index is 2.63. The highest BCUT2D eigenvalue weighted by atomic mass is 79.9. The van der Waals surface area contributed by atoms with Gasteiger partial charge in [-0.3, -0.25) is 14.9 Å². The molecule has 1 aromatic rings. The van der Waals surface area contributed by atoms with E-state index in [9.17, 15) is 14.4 Å². The van der Waals surface area contributed by atoms with Crippen LogP contribution in [-0.4, -0.2) is 23.0 Å². The molecule has 9 heteroatoms. The van der Waals surface area contributed by atoms with Crippen LogP contribution in [0.25, 0.3) is 0 Å². The van der Waals surface area contributed by atoms with E-state index in [0.717, 1.165) is 4.47 Å². The molecule has 0 saturated heterocycles. The molecule has 1 aromatic carbocycles. The second-order valence-corrected chi connectivity index (χ2v) is 6.26. The minimum atomic E-state index is -1.10. The first-order valence-electron chi connectivity index (χ1n) is 5.26. The lowest BCUT2D eigenvalue weighted by molar-refractivity contribution is -0.138. The number of carbonyl (C=O) groups excluding carboxylic acids is 2. The van der Waals surface area contributed by atoms with Gasteiger partial charge in [-0.05, 0) is 44.0 Å². The lowest BCUT2D eigenvalue weighted by atomic mass is 10.3. The Morgan fingerprint density at radius 3 is 2.10 bits per heavy atom. The number of imide groups is 1. The number of carbonyl (C=O) groups is 3. The van der Waals surface area contributed by atoms with Gasteiger partial charge in [0, 0.05) is 19.8 Å². The van der Waals surface area contributed by atoms with Gasteiger partial charge >= 0.3 is 12.0 Å². The SMILES string of the molecule is O=C(O)CCC(=O)NC(=O)Nc1c(Br)cc(Br)cc1Br. The zero-order chi connectivity index (χ0) is 15.3. The number of carboxylic acids is 1. The second-order valence-electron chi connectivity index (χ2n) is 3.64. The molecular weight excluding hydrogens is 464 g/mol. The molecule has 0 fully saturated rings. The monoisotopic (exact) mass is 470 g/mol. The van der Waals surface area contributed by atoms with Crippen molar-refractivity contribution in [3.05, 3.63) is 25.6 Å². The molecule has 1 rings (SSSR count). The van der Waals surface area contributed by atoms with Crippen LogP contribution in [0.4, 0.5) is 10.5 Å². The number of anilines is 1. The van der Waals surface area contributed by atoms with Gasteiger partial charge in [-0.1, -0.05) is 15.9 Å². The number of hydrogen-bond donors (Lipinski definition) is 3. The number of nitrogens with one attached hydrogen (secondary N) is 2. The maximum absolute atomic E-state index is 11.6. The van der Waals surface area contributed by atoms with Crippen LogP contribution < -0.4 is 10.6 Å². The van der Waals surface area contributed by atoms with Gasteiger partial charge in [0.25, 0.3) is 0 Å². The van der Waals surface area contributed by atoms with E-state index in [-0.39, 0.29) is 12.8 Å². The van der Waals surface area contributed by atoms with Crippen LogP contribution in [0.2, 0.25) is 0 Å². The van der Waals surface area contributed by atoms with Gasteiger partial charge in [0.05, 0.1) is 12.1 Å². The highest BCUT2D eigenvalue weighted by molar-refractivity contribution is 9.11. The van der Waals surface area contributed by atoms with Crippen molar-refractivity contribution in [2.24, 2.45) is 0 Å². The fourth-order valence-electron chi connectivity index (χ4n) is 1.22. The molecule has 0 radical (unpaired) electrons. The Morgan fingerprint density at radius 1 is 1.05 bits per heavy atom. The van der Waals surface area contributed by atoms with E-state index in [4.69, 9.17) is 5.11 Å². The molecular formula is C11H9Br3N2O4. The second kappa shape index (κ2) is 7.75. The van der Waals surface area contributed by atoms with Crippen molar-refractivity contribution in [3.8, 4) is 0 Å². The Kier molecular flexibility index (Phi) is 6.63. The average molecular weight is 473 g/mol. The van der Waals surface area contributed by atoms with Crippen LogP contribution in [0.1, 0.15) is 12.8 Å². The number of urea groups is 1. The fraction of sp³-hybridized carbons (Fsp3) is 0.182. The third-order valence-corrected chi connectivity index (χ3v) is 3.77. The first-order valence-corrected chi connectivity index (χ1v) is 7.64. The predicted molar refractivity (Wildman–Crippen MR) is 83.6 cm³/mol. The van der Waals surface area contributed by atoms with E-state index in [0.29, 0.717) is 14.6 Å². The standard InChI is InChI=1S/C11H9Br3N2O4/c12-5-3-6(13)10(7(14)4-5)16-11(20)15-8(17)1-2-9(18)19/h3-4H,1-2H2,(H,18,19)(H2,15,16,17,20). The zero-order valence-electron chi connectivity index (χ0n) is 9.87. The van der Waals surface area contributed by atoms with Crippen molar-refractivity contribution in [1.82, 2.24) is 5.32 Å². The lowest BCUT2D eigenvalue weighted by Gasteiger charge is -2.10. The third-order valence-electron chi connectivity index (χ3n) is 2.06. The van der Waals surface area contributed by atoms with Crippen molar-refractivity contribution in [1.29, 1.82) is 0 Å². The summed E-state index contributed by atoms with van der Waals surface area (Å²) in [7, 11) is 0. The van der Waals surface area contributed by atoms with Crippen LogP contribution in [-0.2, 0) is 9.59 Å². The van der Waals surface area contributed by atoms with Crippen LogP contribution in [0.5, 0.6) is 0 Å². The number of aliphatic carboxylic acids is 1. The summed E-state index contributed by atoms with van der Waals surface area (Å²) in [5.41, 5.74) is 0.455. The van der Waals surface area contributed by atoms with Crippen LogP contribution in [0.15, 0.2) is 25.6 Å². The van der Waals surface area contributed by atoms with Crippen molar-refractivity contribution < 1.29 is 19.5 Å². The number of halogens is 3.